The van der Waals surface area contributed by atoms with Gasteiger partial charge in [0.15, 0.2) is 0 Å². The highest BCUT2D eigenvalue weighted by molar-refractivity contribution is 5.91. The number of unbranched alkanes of at least 4 members (excludes halogenated alkanes) is 1. The Labute approximate surface area is 149 Å². The molecule has 0 aromatic heterocycles. The maximum Gasteiger partial charge on any atom is 0.226 e. The molecule has 0 heterocycles. The topological polar surface area (TPSA) is 58.2 Å². The largest absolute Gasteiger partial charge is 0.349 e. The fourth-order valence-corrected chi connectivity index (χ4v) is 2.72. The average molecular weight is 338 g/mol. The minimum atomic E-state index is -0.331. The highest BCUT2D eigenvalue weighted by atomic mass is 16.2. The molecule has 25 heavy (non-hydrogen) atoms. The number of amides is 2. The molecular formula is C21H26N2O2. The van der Waals surface area contributed by atoms with Gasteiger partial charge in [-0.25, -0.2) is 0 Å². The third-order valence-electron chi connectivity index (χ3n) is 4.03. The van der Waals surface area contributed by atoms with E-state index in [9.17, 15) is 9.59 Å². The zero-order valence-corrected chi connectivity index (χ0v) is 14.9. The van der Waals surface area contributed by atoms with Gasteiger partial charge in [-0.05, 0) is 36.1 Å². The van der Waals surface area contributed by atoms with E-state index in [-0.39, 0.29) is 24.3 Å². The Bertz CT molecular complexity index is 681. The predicted octanol–water partition coefficient (Wildman–Crippen LogP) is 4.24. The van der Waals surface area contributed by atoms with Crippen LogP contribution in [0.1, 0.15) is 50.3 Å². The third kappa shape index (κ3) is 6.42. The lowest BCUT2D eigenvalue weighted by Crippen LogP contribution is -2.29. The first-order valence-corrected chi connectivity index (χ1v) is 8.79. The molecule has 4 nitrogen and oxygen atoms in total. The van der Waals surface area contributed by atoms with Crippen LogP contribution in [0.5, 0.6) is 0 Å². The van der Waals surface area contributed by atoms with Gasteiger partial charge in [-0.1, -0.05) is 55.8 Å². The van der Waals surface area contributed by atoms with Crippen LogP contribution in [-0.2, 0) is 16.0 Å². The van der Waals surface area contributed by atoms with Gasteiger partial charge in [0, 0.05) is 12.6 Å². The first kappa shape index (κ1) is 18.7. The summed E-state index contributed by atoms with van der Waals surface area (Å²) in [6, 6.07) is 17.2. The highest BCUT2D eigenvalue weighted by Gasteiger charge is 2.17. The standard InChI is InChI=1S/C21H26N2O2/c1-3-4-8-17-11-13-19(14-12-17)23-21(25)15-20(22-16(2)24)18-9-6-5-7-10-18/h5-7,9-14,20H,3-4,8,15H2,1-2H3,(H,22,24)(H,23,25)/t20-/m1/s1. The number of hydrogen-bond donors (Lipinski definition) is 2. The summed E-state index contributed by atoms with van der Waals surface area (Å²) in [4.78, 5) is 23.8. The molecule has 0 spiro atoms. The van der Waals surface area contributed by atoms with Crippen LogP contribution in [0.25, 0.3) is 0 Å². The molecule has 0 unspecified atom stereocenters. The Morgan fingerprint density at radius 3 is 2.28 bits per heavy atom. The molecule has 2 aromatic carbocycles. The van der Waals surface area contributed by atoms with E-state index in [0.717, 1.165) is 17.7 Å². The van der Waals surface area contributed by atoms with Crippen molar-refractivity contribution in [3.05, 3.63) is 65.7 Å². The fourth-order valence-electron chi connectivity index (χ4n) is 2.72. The van der Waals surface area contributed by atoms with Gasteiger partial charge in [0.05, 0.1) is 12.5 Å². The Morgan fingerprint density at radius 2 is 1.68 bits per heavy atom. The molecule has 0 aliphatic carbocycles. The Morgan fingerprint density at radius 1 is 1.00 bits per heavy atom. The molecule has 0 saturated carbocycles. The summed E-state index contributed by atoms with van der Waals surface area (Å²) in [5, 5.41) is 5.75. The van der Waals surface area contributed by atoms with E-state index in [0.29, 0.717) is 0 Å². The van der Waals surface area contributed by atoms with Gasteiger partial charge in [0.1, 0.15) is 0 Å². The minimum Gasteiger partial charge on any atom is -0.349 e. The molecule has 0 fully saturated rings. The summed E-state index contributed by atoms with van der Waals surface area (Å²) in [7, 11) is 0. The van der Waals surface area contributed by atoms with Gasteiger partial charge in [0.25, 0.3) is 0 Å². The Hall–Kier alpha value is -2.62. The quantitative estimate of drug-likeness (QED) is 0.756. The van der Waals surface area contributed by atoms with Crippen molar-refractivity contribution >= 4 is 17.5 Å². The summed E-state index contributed by atoms with van der Waals surface area (Å²) < 4.78 is 0. The van der Waals surface area contributed by atoms with Crippen LogP contribution < -0.4 is 10.6 Å². The van der Waals surface area contributed by atoms with Crippen LogP contribution in [0.15, 0.2) is 54.6 Å². The Kier molecular flexibility index (Phi) is 7.20. The predicted molar refractivity (Wildman–Crippen MR) is 101 cm³/mol. The number of carbonyl (C=O) groups excluding carboxylic acids is 2. The number of carbonyl (C=O) groups is 2. The second-order valence-electron chi connectivity index (χ2n) is 6.22. The van der Waals surface area contributed by atoms with Crippen molar-refractivity contribution in [3.63, 3.8) is 0 Å². The molecular weight excluding hydrogens is 312 g/mol. The Balaban J connectivity index is 1.97. The van der Waals surface area contributed by atoms with Crippen molar-refractivity contribution in [2.45, 2.75) is 45.6 Å². The molecule has 4 heteroatoms. The SMILES string of the molecule is CCCCc1ccc(NC(=O)C[C@@H](NC(C)=O)c2ccccc2)cc1. The van der Waals surface area contributed by atoms with Crippen LogP contribution >= 0.6 is 0 Å². The molecule has 2 rings (SSSR count). The van der Waals surface area contributed by atoms with Crippen LogP contribution in [0.2, 0.25) is 0 Å². The van der Waals surface area contributed by atoms with Crippen molar-refractivity contribution in [3.8, 4) is 0 Å². The van der Waals surface area contributed by atoms with E-state index in [1.54, 1.807) is 0 Å². The van der Waals surface area contributed by atoms with Crippen molar-refractivity contribution in [2.24, 2.45) is 0 Å². The van der Waals surface area contributed by atoms with Gasteiger partial charge in [-0.3, -0.25) is 9.59 Å². The first-order valence-electron chi connectivity index (χ1n) is 8.79. The molecule has 0 saturated heterocycles. The van der Waals surface area contributed by atoms with Gasteiger partial charge in [-0.2, -0.15) is 0 Å². The molecule has 0 radical (unpaired) electrons. The normalized spacial score (nSPS) is 11.6. The van der Waals surface area contributed by atoms with Crippen LogP contribution in [-0.4, -0.2) is 11.8 Å². The van der Waals surface area contributed by atoms with Crippen LogP contribution in [0, 0.1) is 0 Å². The van der Waals surface area contributed by atoms with E-state index < -0.39 is 0 Å². The minimum absolute atomic E-state index is 0.121. The number of aryl methyl sites for hydroxylation is 1. The molecule has 2 aromatic rings. The zero-order valence-electron chi connectivity index (χ0n) is 14.9. The van der Waals surface area contributed by atoms with Crippen molar-refractivity contribution in [1.82, 2.24) is 5.32 Å². The average Bonchev–Trinajstić information content (AvgIpc) is 2.61. The number of rotatable bonds is 8. The van der Waals surface area contributed by atoms with Gasteiger partial charge in [-0.15, -0.1) is 0 Å². The van der Waals surface area contributed by atoms with Gasteiger partial charge >= 0.3 is 0 Å². The lowest BCUT2D eigenvalue weighted by Gasteiger charge is -2.18. The highest BCUT2D eigenvalue weighted by Crippen LogP contribution is 2.18. The molecule has 1 atom stereocenters. The van der Waals surface area contributed by atoms with E-state index in [1.165, 1.54) is 25.3 Å². The first-order chi connectivity index (χ1) is 12.1. The number of hydrogen-bond acceptors (Lipinski definition) is 2. The molecule has 2 N–H and O–H groups in total. The lowest BCUT2D eigenvalue weighted by molar-refractivity contribution is -0.120. The van der Waals surface area contributed by atoms with Crippen molar-refractivity contribution in [2.75, 3.05) is 5.32 Å². The molecule has 2 amide bonds. The smallest absolute Gasteiger partial charge is 0.226 e. The van der Waals surface area contributed by atoms with Gasteiger partial charge < -0.3 is 10.6 Å². The molecule has 0 aliphatic heterocycles. The third-order valence-corrected chi connectivity index (χ3v) is 4.03. The van der Waals surface area contributed by atoms with E-state index in [1.807, 2.05) is 54.6 Å². The van der Waals surface area contributed by atoms with E-state index >= 15 is 0 Å². The number of nitrogens with one attached hydrogen (secondary N) is 2. The fraction of sp³-hybridized carbons (Fsp3) is 0.333. The lowest BCUT2D eigenvalue weighted by atomic mass is 10.0. The maximum atomic E-state index is 12.4. The molecule has 0 bridgehead atoms. The van der Waals surface area contributed by atoms with Crippen molar-refractivity contribution < 1.29 is 9.59 Å². The van der Waals surface area contributed by atoms with E-state index in [2.05, 4.69) is 17.6 Å². The zero-order chi connectivity index (χ0) is 18.1. The monoisotopic (exact) mass is 338 g/mol. The summed E-state index contributed by atoms with van der Waals surface area (Å²) in [6.07, 6.45) is 3.59. The second kappa shape index (κ2) is 9.62. The summed E-state index contributed by atoms with van der Waals surface area (Å²) in [5.41, 5.74) is 2.97. The van der Waals surface area contributed by atoms with Crippen LogP contribution in [0.3, 0.4) is 0 Å². The summed E-state index contributed by atoms with van der Waals surface area (Å²) in [5.74, 6) is -0.272. The number of benzene rings is 2. The number of anilines is 1. The summed E-state index contributed by atoms with van der Waals surface area (Å²) >= 11 is 0. The molecule has 0 aliphatic rings. The van der Waals surface area contributed by atoms with Crippen molar-refractivity contribution in [1.29, 1.82) is 0 Å². The molecule has 132 valence electrons. The second-order valence-corrected chi connectivity index (χ2v) is 6.22. The van der Waals surface area contributed by atoms with Gasteiger partial charge in [0.2, 0.25) is 11.8 Å². The maximum absolute atomic E-state index is 12.4. The van der Waals surface area contributed by atoms with E-state index in [4.69, 9.17) is 0 Å². The summed E-state index contributed by atoms with van der Waals surface area (Å²) in [6.45, 7) is 3.63. The van der Waals surface area contributed by atoms with Crippen LogP contribution in [0.4, 0.5) is 5.69 Å².